The first-order valence-corrected chi connectivity index (χ1v) is 4.94. The zero-order valence-electron chi connectivity index (χ0n) is 7.47. The molecule has 0 fully saturated rings. The number of nitrogen functional groups attached to an aromatic ring is 1. The Balaban J connectivity index is 2.89. The highest BCUT2D eigenvalue weighted by molar-refractivity contribution is 9.10. The van der Waals surface area contributed by atoms with E-state index in [0.29, 0.717) is 11.4 Å². The van der Waals surface area contributed by atoms with Gasteiger partial charge in [-0.05, 0) is 40.4 Å². The molecule has 0 aliphatic rings. The third kappa shape index (κ3) is 3.08. The van der Waals surface area contributed by atoms with E-state index in [2.05, 4.69) is 39.7 Å². The second-order valence-corrected chi connectivity index (χ2v) is 3.44. The van der Waals surface area contributed by atoms with Gasteiger partial charge in [0.2, 0.25) is 0 Å². The predicted octanol–water partition coefficient (Wildman–Crippen LogP) is 2.58. The Bertz CT molecular complexity index is 350. The van der Waals surface area contributed by atoms with Crippen molar-refractivity contribution >= 4 is 21.6 Å². The number of unbranched alkanes of at least 4 members (excludes halogenated alkanes) is 1. The van der Waals surface area contributed by atoms with Crippen LogP contribution in [0.15, 0.2) is 16.7 Å². The molecule has 13 heavy (non-hydrogen) atoms. The number of pyridine rings is 1. The standard InChI is InChI=1S/C10H11BrN2/c1-2-3-4-5-9-8(12)6-7-10(11)13-9/h6-7H,2-3,12H2,1H3. The summed E-state index contributed by atoms with van der Waals surface area (Å²) in [5.41, 5.74) is 6.97. The second kappa shape index (κ2) is 4.88. The lowest BCUT2D eigenvalue weighted by Crippen LogP contribution is -1.93. The van der Waals surface area contributed by atoms with Gasteiger partial charge in [-0.1, -0.05) is 12.8 Å². The number of hydrogen-bond acceptors (Lipinski definition) is 2. The van der Waals surface area contributed by atoms with Crippen LogP contribution in [0.5, 0.6) is 0 Å². The summed E-state index contributed by atoms with van der Waals surface area (Å²) in [6.07, 6.45) is 1.94. The SMILES string of the molecule is CCCC#Cc1nc(Br)ccc1N. The fourth-order valence-electron chi connectivity index (χ4n) is 0.817. The lowest BCUT2D eigenvalue weighted by atomic mass is 10.3. The van der Waals surface area contributed by atoms with Crippen LogP contribution in [0.1, 0.15) is 25.5 Å². The van der Waals surface area contributed by atoms with Gasteiger partial charge in [-0.3, -0.25) is 0 Å². The molecule has 1 rings (SSSR count). The van der Waals surface area contributed by atoms with E-state index in [1.807, 2.05) is 0 Å². The number of halogens is 1. The summed E-state index contributed by atoms with van der Waals surface area (Å²) in [5, 5.41) is 0. The highest BCUT2D eigenvalue weighted by atomic mass is 79.9. The molecule has 0 spiro atoms. The Morgan fingerprint density at radius 1 is 1.54 bits per heavy atom. The molecule has 1 aromatic rings. The van der Waals surface area contributed by atoms with Crippen LogP contribution in [0.2, 0.25) is 0 Å². The number of nitrogens with zero attached hydrogens (tertiary/aromatic N) is 1. The zero-order valence-corrected chi connectivity index (χ0v) is 9.06. The molecule has 0 atom stereocenters. The topological polar surface area (TPSA) is 38.9 Å². The average molecular weight is 239 g/mol. The minimum absolute atomic E-state index is 0.631. The molecule has 1 aromatic heterocycles. The van der Waals surface area contributed by atoms with E-state index < -0.39 is 0 Å². The molecule has 0 unspecified atom stereocenters. The fraction of sp³-hybridized carbons (Fsp3) is 0.300. The first kappa shape index (κ1) is 10.1. The number of hydrogen-bond donors (Lipinski definition) is 1. The highest BCUT2D eigenvalue weighted by Crippen LogP contribution is 2.12. The number of aromatic nitrogens is 1. The molecule has 0 bridgehead atoms. The van der Waals surface area contributed by atoms with Gasteiger partial charge in [0.05, 0.1) is 5.69 Å². The molecule has 2 nitrogen and oxygen atoms in total. The van der Waals surface area contributed by atoms with Gasteiger partial charge < -0.3 is 5.73 Å². The largest absolute Gasteiger partial charge is 0.396 e. The summed E-state index contributed by atoms with van der Waals surface area (Å²) in [5.74, 6) is 5.94. The number of anilines is 1. The van der Waals surface area contributed by atoms with Crippen molar-refractivity contribution in [2.75, 3.05) is 5.73 Å². The molecular weight excluding hydrogens is 228 g/mol. The van der Waals surface area contributed by atoms with E-state index in [1.54, 1.807) is 12.1 Å². The van der Waals surface area contributed by atoms with Gasteiger partial charge in [0.25, 0.3) is 0 Å². The summed E-state index contributed by atoms with van der Waals surface area (Å²) in [7, 11) is 0. The van der Waals surface area contributed by atoms with Crippen LogP contribution < -0.4 is 5.73 Å². The van der Waals surface area contributed by atoms with E-state index in [4.69, 9.17) is 5.73 Å². The first-order valence-electron chi connectivity index (χ1n) is 4.15. The average Bonchev–Trinajstić information content (AvgIpc) is 2.11. The first-order chi connectivity index (χ1) is 6.24. The van der Waals surface area contributed by atoms with Crippen LogP contribution in [-0.2, 0) is 0 Å². The molecule has 1 heterocycles. The Morgan fingerprint density at radius 2 is 2.31 bits per heavy atom. The van der Waals surface area contributed by atoms with Crippen molar-refractivity contribution in [2.45, 2.75) is 19.8 Å². The highest BCUT2D eigenvalue weighted by Gasteiger charge is 1.96. The van der Waals surface area contributed by atoms with Crippen LogP contribution in [0.4, 0.5) is 5.69 Å². The summed E-state index contributed by atoms with van der Waals surface area (Å²) < 4.78 is 0.766. The van der Waals surface area contributed by atoms with Crippen LogP contribution in [0.25, 0.3) is 0 Å². The summed E-state index contributed by atoms with van der Waals surface area (Å²) >= 11 is 3.27. The molecule has 0 aromatic carbocycles. The van der Waals surface area contributed by atoms with Crippen molar-refractivity contribution in [3.05, 3.63) is 22.4 Å². The fourth-order valence-corrected chi connectivity index (χ4v) is 1.13. The van der Waals surface area contributed by atoms with E-state index in [-0.39, 0.29) is 0 Å². The van der Waals surface area contributed by atoms with Gasteiger partial charge >= 0.3 is 0 Å². The monoisotopic (exact) mass is 238 g/mol. The summed E-state index contributed by atoms with van der Waals surface area (Å²) in [4.78, 5) is 4.16. The Hall–Kier alpha value is -1.01. The van der Waals surface area contributed by atoms with Crippen LogP contribution in [-0.4, -0.2) is 4.98 Å². The minimum atomic E-state index is 0.631. The van der Waals surface area contributed by atoms with Gasteiger partial charge in [-0.25, -0.2) is 4.98 Å². The molecule has 0 saturated heterocycles. The maximum Gasteiger partial charge on any atom is 0.137 e. The second-order valence-electron chi connectivity index (χ2n) is 2.62. The van der Waals surface area contributed by atoms with Gasteiger partial charge in [0, 0.05) is 6.42 Å². The third-order valence-electron chi connectivity index (χ3n) is 1.47. The summed E-state index contributed by atoms with van der Waals surface area (Å²) in [6.45, 7) is 2.09. The normalized spacial score (nSPS) is 9.08. The molecule has 0 radical (unpaired) electrons. The number of rotatable bonds is 1. The molecule has 0 aliphatic carbocycles. The molecule has 2 N–H and O–H groups in total. The summed E-state index contributed by atoms with van der Waals surface area (Å²) in [6, 6.07) is 3.60. The number of nitrogens with two attached hydrogens (primary N) is 1. The molecule has 0 amide bonds. The van der Waals surface area contributed by atoms with Crippen molar-refractivity contribution in [2.24, 2.45) is 0 Å². The zero-order chi connectivity index (χ0) is 9.68. The van der Waals surface area contributed by atoms with E-state index >= 15 is 0 Å². The van der Waals surface area contributed by atoms with Gasteiger partial charge in [0.1, 0.15) is 10.3 Å². The molecule has 3 heteroatoms. The van der Waals surface area contributed by atoms with Crippen molar-refractivity contribution < 1.29 is 0 Å². The predicted molar refractivity (Wildman–Crippen MR) is 58.1 cm³/mol. The van der Waals surface area contributed by atoms with E-state index in [1.165, 1.54) is 0 Å². The Labute approximate surface area is 86.7 Å². The quantitative estimate of drug-likeness (QED) is 0.604. The van der Waals surface area contributed by atoms with Gasteiger partial charge in [-0.2, -0.15) is 0 Å². The van der Waals surface area contributed by atoms with Crippen molar-refractivity contribution in [3.8, 4) is 11.8 Å². The molecule has 68 valence electrons. The third-order valence-corrected chi connectivity index (χ3v) is 1.92. The molecule has 0 saturated carbocycles. The van der Waals surface area contributed by atoms with Crippen LogP contribution in [0.3, 0.4) is 0 Å². The van der Waals surface area contributed by atoms with Gasteiger partial charge in [0.15, 0.2) is 0 Å². The Morgan fingerprint density at radius 3 is 3.00 bits per heavy atom. The van der Waals surface area contributed by atoms with Crippen molar-refractivity contribution in [1.82, 2.24) is 4.98 Å². The van der Waals surface area contributed by atoms with Crippen LogP contribution >= 0.6 is 15.9 Å². The van der Waals surface area contributed by atoms with Crippen molar-refractivity contribution in [3.63, 3.8) is 0 Å². The van der Waals surface area contributed by atoms with E-state index in [0.717, 1.165) is 17.4 Å². The van der Waals surface area contributed by atoms with Crippen molar-refractivity contribution in [1.29, 1.82) is 0 Å². The maximum atomic E-state index is 5.69. The minimum Gasteiger partial charge on any atom is -0.396 e. The lowest BCUT2D eigenvalue weighted by Gasteiger charge is -1.96. The molecular formula is C10H11BrN2. The maximum absolute atomic E-state index is 5.69. The van der Waals surface area contributed by atoms with Gasteiger partial charge in [-0.15, -0.1) is 0 Å². The smallest absolute Gasteiger partial charge is 0.137 e. The molecule has 0 aliphatic heterocycles. The lowest BCUT2D eigenvalue weighted by molar-refractivity contribution is 0.983. The Kier molecular flexibility index (Phi) is 3.78. The van der Waals surface area contributed by atoms with E-state index in [9.17, 15) is 0 Å². The van der Waals surface area contributed by atoms with Crippen LogP contribution in [0, 0.1) is 11.8 Å².